The molecule has 0 amide bonds. The minimum absolute atomic E-state index is 0.0280. The first kappa shape index (κ1) is 34.5. The highest BCUT2D eigenvalue weighted by Gasteiger charge is 2.25. The van der Waals surface area contributed by atoms with Gasteiger partial charge in [-0.25, -0.2) is 40.6 Å². The summed E-state index contributed by atoms with van der Waals surface area (Å²) in [4.78, 5) is 14.7. The highest BCUT2D eigenvalue weighted by molar-refractivity contribution is 7.93. The molecule has 2 N–H and O–H groups in total. The molecule has 6 aromatic rings. The monoisotopic (exact) mass is 745 g/mol. The van der Waals surface area contributed by atoms with E-state index in [2.05, 4.69) is 25.0 Å². The third-order valence-electron chi connectivity index (χ3n) is 7.53. The van der Waals surface area contributed by atoms with Gasteiger partial charge in [-0.2, -0.15) is 0 Å². The van der Waals surface area contributed by atoms with Crippen LogP contribution in [-0.2, 0) is 19.9 Å². The van der Waals surface area contributed by atoms with Crippen LogP contribution in [0.2, 0.25) is 10.0 Å². The average molecular weight is 747 g/mol. The molecule has 0 bridgehead atoms. The zero-order valence-corrected chi connectivity index (χ0v) is 29.0. The molecule has 0 saturated carbocycles. The molecule has 3 heterocycles. The standard InChI is InChI=1S/C32H27Cl2F2N7O4S2/c1-42(2)15-6-16-48(44,45)26-17-43(24-9-4-3-7-19(24)26)27-14-13-23-31(39-27)32(38-18-37-23)40-30-21(35)11-12-22(29(30)36)41-49(46,47)25-10-5-8-20(33)28(25)34/h3-5,7-14,17-18,41H,6,15-16H2,1-2H3,(H,37,38,40). The Bertz CT molecular complexity index is 2460. The summed E-state index contributed by atoms with van der Waals surface area (Å²) in [6.45, 7) is 0.603. The number of pyridine rings is 1. The quantitative estimate of drug-likeness (QED) is 0.146. The van der Waals surface area contributed by atoms with Crippen molar-refractivity contribution in [2.75, 3.05) is 36.4 Å². The van der Waals surface area contributed by atoms with Gasteiger partial charge >= 0.3 is 0 Å². The van der Waals surface area contributed by atoms with Crippen LogP contribution in [0.15, 0.2) is 89.0 Å². The van der Waals surface area contributed by atoms with E-state index in [0.29, 0.717) is 29.4 Å². The number of nitrogens with zero attached hydrogens (tertiary/aromatic N) is 5. The van der Waals surface area contributed by atoms with Crippen LogP contribution >= 0.6 is 23.2 Å². The summed E-state index contributed by atoms with van der Waals surface area (Å²) in [6, 6.07) is 16.0. The van der Waals surface area contributed by atoms with Crippen molar-refractivity contribution in [2.24, 2.45) is 0 Å². The van der Waals surface area contributed by atoms with Crippen LogP contribution in [-0.4, -0.2) is 67.6 Å². The lowest BCUT2D eigenvalue weighted by Crippen LogP contribution is -2.17. The van der Waals surface area contributed by atoms with E-state index in [4.69, 9.17) is 23.2 Å². The fourth-order valence-corrected chi connectivity index (χ4v) is 8.50. The number of rotatable bonds is 11. The highest BCUT2D eigenvalue weighted by atomic mass is 35.5. The number of anilines is 3. The van der Waals surface area contributed by atoms with Gasteiger partial charge in [-0.05, 0) is 69.5 Å². The van der Waals surface area contributed by atoms with Crippen LogP contribution in [0.4, 0.5) is 26.0 Å². The smallest absolute Gasteiger partial charge is 0.263 e. The second-order valence-corrected chi connectivity index (χ2v) is 15.7. The molecular formula is C32H27Cl2F2N7O4S2. The van der Waals surface area contributed by atoms with Crippen LogP contribution < -0.4 is 10.0 Å². The van der Waals surface area contributed by atoms with Crippen molar-refractivity contribution in [3.8, 4) is 5.82 Å². The molecule has 0 atom stereocenters. The molecule has 17 heteroatoms. The number of halogens is 4. The SMILES string of the molecule is CN(C)CCCS(=O)(=O)c1cn(-c2ccc3ncnc(Nc4c(F)ccc(NS(=O)(=O)c5cccc(Cl)c5Cl)c4F)c3n2)c2ccccc12. The largest absolute Gasteiger partial charge is 0.333 e. The molecule has 49 heavy (non-hydrogen) atoms. The van der Waals surface area contributed by atoms with Gasteiger partial charge < -0.3 is 10.2 Å². The van der Waals surface area contributed by atoms with Gasteiger partial charge in [-0.3, -0.25) is 9.29 Å². The maximum atomic E-state index is 15.8. The van der Waals surface area contributed by atoms with Gasteiger partial charge in [0, 0.05) is 11.6 Å². The molecule has 0 spiro atoms. The van der Waals surface area contributed by atoms with Gasteiger partial charge in [-0.1, -0.05) is 47.5 Å². The topological polar surface area (TPSA) is 139 Å². The normalized spacial score (nSPS) is 12.2. The van der Waals surface area contributed by atoms with Gasteiger partial charge in [0.2, 0.25) is 0 Å². The average Bonchev–Trinajstić information content (AvgIpc) is 3.46. The van der Waals surface area contributed by atoms with Gasteiger partial charge in [0.1, 0.15) is 34.1 Å². The Kier molecular flexibility index (Phi) is 9.48. The Labute approximate surface area is 290 Å². The predicted octanol–water partition coefficient (Wildman–Crippen LogP) is 6.82. The first-order valence-corrected chi connectivity index (χ1v) is 18.5. The number of aromatic nitrogens is 4. The zero-order chi connectivity index (χ0) is 35.1. The van der Waals surface area contributed by atoms with Crippen LogP contribution in [0.5, 0.6) is 0 Å². The Morgan fingerprint density at radius 1 is 0.898 bits per heavy atom. The first-order chi connectivity index (χ1) is 23.3. The third-order valence-corrected chi connectivity index (χ3v) is 11.7. The second-order valence-electron chi connectivity index (χ2n) is 11.2. The minimum Gasteiger partial charge on any atom is -0.333 e. The number of hydrogen-bond donors (Lipinski definition) is 2. The third kappa shape index (κ3) is 6.89. The van der Waals surface area contributed by atoms with Crippen LogP contribution in [0.3, 0.4) is 0 Å². The fraction of sp³-hybridized carbons (Fsp3) is 0.156. The van der Waals surface area contributed by atoms with E-state index in [-0.39, 0.29) is 37.8 Å². The molecule has 0 aliphatic carbocycles. The predicted molar refractivity (Wildman–Crippen MR) is 186 cm³/mol. The molecule has 11 nitrogen and oxygen atoms in total. The molecule has 0 aliphatic heterocycles. The highest BCUT2D eigenvalue weighted by Crippen LogP contribution is 2.35. The minimum atomic E-state index is -4.44. The molecule has 0 aliphatic rings. The van der Waals surface area contributed by atoms with E-state index in [1.165, 1.54) is 30.7 Å². The van der Waals surface area contributed by atoms with E-state index in [1.807, 2.05) is 19.0 Å². The molecule has 254 valence electrons. The van der Waals surface area contributed by atoms with Crippen molar-refractivity contribution in [3.63, 3.8) is 0 Å². The number of para-hydroxylation sites is 1. The number of sulfonamides is 1. The van der Waals surface area contributed by atoms with Crippen LogP contribution in [0, 0.1) is 11.6 Å². The summed E-state index contributed by atoms with van der Waals surface area (Å²) in [5.74, 6) is -2.19. The summed E-state index contributed by atoms with van der Waals surface area (Å²) in [7, 11) is -4.37. The molecule has 0 radical (unpaired) electrons. The Balaban J connectivity index is 1.38. The molecule has 6 rings (SSSR count). The summed E-state index contributed by atoms with van der Waals surface area (Å²) in [5.41, 5.74) is -0.317. The number of nitrogens with one attached hydrogen (secondary N) is 2. The van der Waals surface area contributed by atoms with Crippen molar-refractivity contribution in [3.05, 3.63) is 101 Å². The van der Waals surface area contributed by atoms with Gasteiger partial charge in [0.25, 0.3) is 10.0 Å². The zero-order valence-electron chi connectivity index (χ0n) is 25.8. The number of fused-ring (bicyclic) bond motifs is 2. The fourth-order valence-electron chi connectivity index (χ4n) is 5.18. The van der Waals surface area contributed by atoms with Gasteiger partial charge in [-0.15, -0.1) is 0 Å². The Morgan fingerprint density at radius 2 is 1.67 bits per heavy atom. The summed E-state index contributed by atoms with van der Waals surface area (Å²) >= 11 is 12.0. The molecule has 3 aromatic carbocycles. The first-order valence-electron chi connectivity index (χ1n) is 14.6. The van der Waals surface area contributed by atoms with E-state index in [9.17, 15) is 16.8 Å². The van der Waals surface area contributed by atoms with Gasteiger partial charge in [0.05, 0.1) is 37.4 Å². The maximum Gasteiger partial charge on any atom is 0.263 e. The van der Waals surface area contributed by atoms with Crippen molar-refractivity contribution in [2.45, 2.75) is 16.2 Å². The summed E-state index contributed by atoms with van der Waals surface area (Å²) in [6.07, 6.45) is 3.11. The van der Waals surface area contributed by atoms with E-state index < -0.39 is 47.8 Å². The van der Waals surface area contributed by atoms with Crippen molar-refractivity contribution < 1.29 is 25.6 Å². The number of sulfone groups is 1. The number of hydrogen-bond acceptors (Lipinski definition) is 9. The van der Waals surface area contributed by atoms with Crippen molar-refractivity contribution in [1.29, 1.82) is 0 Å². The lowest BCUT2D eigenvalue weighted by Gasteiger charge is -2.15. The maximum absolute atomic E-state index is 15.8. The molecule has 0 fully saturated rings. The Hall–Kier alpha value is -4.41. The van der Waals surface area contributed by atoms with Crippen molar-refractivity contribution in [1.82, 2.24) is 24.4 Å². The molecule has 0 unspecified atom stereocenters. The lowest BCUT2D eigenvalue weighted by molar-refractivity contribution is 0.408. The molecular weight excluding hydrogens is 719 g/mol. The van der Waals surface area contributed by atoms with E-state index in [1.54, 1.807) is 41.0 Å². The summed E-state index contributed by atoms with van der Waals surface area (Å²) in [5, 5.41) is 2.81. The van der Waals surface area contributed by atoms with Gasteiger partial charge in [0.15, 0.2) is 21.5 Å². The second kappa shape index (κ2) is 13.5. The van der Waals surface area contributed by atoms with Crippen LogP contribution in [0.25, 0.3) is 27.8 Å². The van der Waals surface area contributed by atoms with E-state index in [0.717, 1.165) is 12.1 Å². The molecule has 0 saturated heterocycles. The lowest BCUT2D eigenvalue weighted by atomic mass is 10.2. The number of benzene rings is 3. The molecule has 3 aromatic heterocycles. The van der Waals surface area contributed by atoms with Crippen LogP contribution in [0.1, 0.15) is 6.42 Å². The van der Waals surface area contributed by atoms with E-state index >= 15 is 8.78 Å². The summed E-state index contributed by atoms with van der Waals surface area (Å²) < 4.78 is 87.6. The Morgan fingerprint density at radius 3 is 2.45 bits per heavy atom. The van der Waals surface area contributed by atoms with Crippen molar-refractivity contribution >= 4 is 82.2 Å².